The fourth-order valence-electron chi connectivity index (χ4n) is 1.47. The van der Waals surface area contributed by atoms with Crippen LogP contribution in [0.1, 0.15) is 0 Å². The SMILES string of the molecule is CN(C)S(=O)(=O)NCCn1ccc(-c2ccsc2)n1. The summed E-state index contributed by atoms with van der Waals surface area (Å²) in [5.74, 6) is 0. The van der Waals surface area contributed by atoms with E-state index in [1.165, 1.54) is 14.1 Å². The van der Waals surface area contributed by atoms with Gasteiger partial charge in [-0.25, -0.2) is 4.72 Å². The highest BCUT2D eigenvalue weighted by atomic mass is 32.2. The van der Waals surface area contributed by atoms with Crippen molar-refractivity contribution in [1.82, 2.24) is 18.8 Å². The van der Waals surface area contributed by atoms with E-state index >= 15 is 0 Å². The number of hydrogen-bond acceptors (Lipinski definition) is 4. The van der Waals surface area contributed by atoms with Crippen molar-refractivity contribution in [2.24, 2.45) is 0 Å². The zero-order chi connectivity index (χ0) is 13.9. The second-order valence-corrected chi connectivity index (χ2v) is 6.91. The highest BCUT2D eigenvalue weighted by Crippen LogP contribution is 2.19. The van der Waals surface area contributed by atoms with Crippen LogP contribution in [-0.4, -0.2) is 43.1 Å². The standard InChI is InChI=1S/C11H16N4O2S2/c1-14(2)19(16,17)12-5-7-15-6-3-11(13-15)10-4-8-18-9-10/h3-4,6,8-9,12H,5,7H2,1-2H3. The zero-order valence-corrected chi connectivity index (χ0v) is 12.4. The summed E-state index contributed by atoms with van der Waals surface area (Å²) in [5.41, 5.74) is 1.98. The van der Waals surface area contributed by atoms with Gasteiger partial charge in [-0.2, -0.15) is 29.2 Å². The largest absolute Gasteiger partial charge is 0.278 e. The molecule has 0 unspecified atom stereocenters. The number of aromatic nitrogens is 2. The number of nitrogens with one attached hydrogen (secondary N) is 1. The molecule has 0 saturated heterocycles. The maximum atomic E-state index is 11.5. The van der Waals surface area contributed by atoms with Crippen LogP contribution < -0.4 is 4.72 Å². The monoisotopic (exact) mass is 300 g/mol. The summed E-state index contributed by atoms with van der Waals surface area (Å²) < 4.78 is 28.4. The molecule has 0 aromatic carbocycles. The lowest BCUT2D eigenvalue weighted by atomic mass is 10.2. The molecule has 0 aliphatic rings. The smallest absolute Gasteiger partial charge is 0.271 e. The molecule has 0 radical (unpaired) electrons. The van der Waals surface area contributed by atoms with E-state index in [1.54, 1.807) is 16.0 Å². The van der Waals surface area contributed by atoms with Crippen molar-refractivity contribution in [3.63, 3.8) is 0 Å². The molecule has 0 bridgehead atoms. The maximum Gasteiger partial charge on any atom is 0.278 e. The van der Waals surface area contributed by atoms with Crippen LogP contribution in [-0.2, 0) is 16.8 Å². The van der Waals surface area contributed by atoms with E-state index in [0.29, 0.717) is 13.1 Å². The van der Waals surface area contributed by atoms with Gasteiger partial charge in [-0.3, -0.25) is 4.68 Å². The third kappa shape index (κ3) is 3.63. The summed E-state index contributed by atoms with van der Waals surface area (Å²) in [4.78, 5) is 0. The van der Waals surface area contributed by atoms with Crippen molar-refractivity contribution in [2.45, 2.75) is 6.54 Å². The van der Waals surface area contributed by atoms with Gasteiger partial charge in [0, 0.05) is 37.8 Å². The minimum Gasteiger partial charge on any atom is -0.271 e. The van der Waals surface area contributed by atoms with Crippen LogP contribution in [0.4, 0.5) is 0 Å². The molecule has 2 heterocycles. The molecule has 0 aliphatic heterocycles. The first-order valence-corrected chi connectivity index (χ1v) is 8.10. The minimum absolute atomic E-state index is 0.311. The Labute approximate surface area is 116 Å². The molecule has 8 heteroatoms. The normalized spacial score (nSPS) is 12.2. The molecule has 6 nitrogen and oxygen atoms in total. The second-order valence-electron chi connectivity index (χ2n) is 4.16. The van der Waals surface area contributed by atoms with Crippen molar-refractivity contribution < 1.29 is 8.42 Å². The summed E-state index contributed by atoms with van der Waals surface area (Å²) in [6.07, 6.45) is 1.84. The molecule has 104 valence electrons. The number of nitrogens with zero attached hydrogens (tertiary/aromatic N) is 3. The van der Waals surface area contributed by atoms with Crippen LogP contribution in [0, 0.1) is 0 Å². The second kappa shape index (κ2) is 5.83. The van der Waals surface area contributed by atoms with E-state index in [1.807, 2.05) is 29.1 Å². The fraction of sp³-hybridized carbons (Fsp3) is 0.364. The van der Waals surface area contributed by atoms with E-state index < -0.39 is 10.2 Å². The Hall–Kier alpha value is -1.22. The van der Waals surface area contributed by atoms with Gasteiger partial charge in [-0.05, 0) is 17.5 Å². The number of thiophene rings is 1. The lowest BCUT2D eigenvalue weighted by molar-refractivity contribution is 0.497. The van der Waals surface area contributed by atoms with Gasteiger partial charge in [0.2, 0.25) is 0 Å². The molecule has 0 fully saturated rings. The number of rotatable bonds is 6. The summed E-state index contributed by atoms with van der Waals surface area (Å²) >= 11 is 1.62. The van der Waals surface area contributed by atoms with Crippen molar-refractivity contribution >= 4 is 21.5 Å². The van der Waals surface area contributed by atoms with Gasteiger partial charge < -0.3 is 0 Å². The minimum atomic E-state index is -3.36. The molecular weight excluding hydrogens is 284 g/mol. The Bertz CT molecular complexity index is 617. The molecule has 2 aromatic heterocycles. The molecule has 0 spiro atoms. The molecular formula is C11H16N4O2S2. The summed E-state index contributed by atoms with van der Waals surface area (Å²) in [6.45, 7) is 0.808. The first-order chi connectivity index (χ1) is 8.99. The van der Waals surface area contributed by atoms with Gasteiger partial charge in [0.1, 0.15) is 0 Å². The third-order valence-electron chi connectivity index (χ3n) is 2.56. The van der Waals surface area contributed by atoms with Crippen LogP contribution in [0.15, 0.2) is 29.1 Å². The third-order valence-corrected chi connectivity index (χ3v) is 4.78. The van der Waals surface area contributed by atoms with Gasteiger partial charge in [-0.1, -0.05) is 0 Å². The van der Waals surface area contributed by atoms with E-state index in [2.05, 4.69) is 9.82 Å². The predicted octanol–water partition coefficient (Wildman–Crippen LogP) is 1.01. The quantitative estimate of drug-likeness (QED) is 0.865. The Morgan fingerprint density at radius 1 is 1.42 bits per heavy atom. The predicted molar refractivity (Wildman–Crippen MR) is 76.1 cm³/mol. The van der Waals surface area contributed by atoms with Crippen LogP contribution in [0.25, 0.3) is 11.3 Å². The first-order valence-electron chi connectivity index (χ1n) is 5.72. The average Bonchev–Trinajstić information content (AvgIpc) is 2.98. The van der Waals surface area contributed by atoms with Crippen LogP contribution in [0.3, 0.4) is 0 Å². The average molecular weight is 300 g/mol. The molecule has 1 N–H and O–H groups in total. The zero-order valence-electron chi connectivity index (χ0n) is 10.8. The van der Waals surface area contributed by atoms with Crippen LogP contribution >= 0.6 is 11.3 Å². The molecule has 2 aromatic rings. The van der Waals surface area contributed by atoms with Crippen molar-refractivity contribution in [3.8, 4) is 11.3 Å². The lowest BCUT2D eigenvalue weighted by Crippen LogP contribution is -2.37. The van der Waals surface area contributed by atoms with Crippen molar-refractivity contribution in [1.29, 1.82) is 0 Å². The first kappa shape index (κ1) is 14.2. The highest BCUT2D eigenvalue weighted by molar-refractivity contribution is 7.87. The van der Waals surface area contributed by atoms with Gasteiger partial charge in [0.05, 0.1) is 12.2 Å². The molecule has 19 heavy (non-hydrogen) atoms. The van der Waals surface area contributed by atoms with Gasteiger partial charge >= 0.3 is 0 Å². The Morgan fingerprint density at radius 2 is 2.21 bits per heavy atom. The maximum absolute atomic E-state index is 11.5. The highest BCUT2D eigenvalue weighted by Gasteiger charge is 2.11. The fourth-order valence-corrected chi connectivity index (χ4v) is 2.73. The summed E-state index contributed by atoms with van der Waals surface area (Å²) in [7, 11) is -0.379. The summed E-state index contributed by atoms with van der Waals surface area (Å²) in [6, 6.07) is 3.93. The van der Waals surface area contributed by atoms with Gasteiger partial charge in [-0.15, -0.1) is 0 Å². The van der Waals surface area contributed by atoms with Crippen molar-refractivity contribution in [2.75, 3.05) is 20.6 Å². The van der Waals surface area contributed by atoms with Crippen molar-refractivity contribution in [3.05, 3.63) is 29.1 Å². The Kier molecular flexibility index (Phi) is 4.35. The topological polar surface area (TPSA) is 67.2 Å². The van der Waals surface area contributed by atoms with E-state index in [9.17, 15) is 8.42 Å². The molecule has 0 atom stereocenters. The summed E-state index contributed by atoms with van der Waals surface area (Å²) in [5, 5.41) is 8.42. The molecule has 0 aliphatic carbocycles. The lowest BCUT2D eigenvalue weighted by Gasteiger charge is -2.12. The van der Waals surface area contributed by atoms with E-state index in [-0.39, 0.29) is 0 Å². The number of hydrogen-bond donors (Lipinski definition) is 1. The van der Waals surface area contributed by atoms with E-state index in [0.717, 1.165) is 15.6 Å². The van der Waals surface area contributed by atoms with Gasteiger partial charge in [0.15, 0.2) is 0 Å². The Morgan fingerprint density at radius 3 is 2.84 bits per heavy atom. The molecule has 2 rings (SSSR count). The Balaban J connectivity index is 1.91. The molecule has 0 amide bonds. The van der Waals surface area contributed by atoms with Gasteiger partial charge in [0.25, 0.3) is 10.2 Å². The molecule has 0 saturated carbocycles. The van der Waals surface area contributed by atoms with E-state index in [4.69, 9.17) is 0 Å². The van der Waals surface area contributed by atoms with Crippen LogP contribution in [0.2, 0.25) is 0 Å². The van der Waals surface area contributed by atoms with Crippen LogP contribution in [0.5, 0.6) is 0 Å².